The topological polar surface area (TPSA) is 132 Å². The third-order valence-electron chi connectivity index (χ3n) is 4.45. The molecule has 10 nitrogen and oxygen atoms in total. The van der Waals surface area contributed by atoms with Gasteiger partial charge in [-0.15, -0.1) is 0 Å². The molecule has 4 rings (SSSR count). The van der Waals surface area contributed by atoms with Crippen molar-refractivity contribution >= 4 is 11.9 Å². The molecule has 0 bridgehead atoms. The second kappa shape index (κ2) is 10.1. The number of aliphatic carboxylic acids is 1. The number of carboxylic acids is 1. The van der Waals surface area contributed by atoms with E-state index in [1.54, 1.807) is 29.6 Å². The van der Waals surface area contributed by atoms with E-state index in [2.05, 4.69) is 20.1 Å². The maximum Gasteiger partial charge on any atom is 0.490 e. The maximum atomic E-state index is 12.7. The standard InChI is InChI=1S/C18H17N5O3.C2HF3O2/c1-12-7-21-15(9-20-12)18(24)23-6-4-17-14(10-23)16(22-26-17)11-25-13-3-2-5-19-8-13;3-2(4,5)1(6)7/h2-3,5,7-9H,4,6,10-11H2,1H3;(H,6,7). The third kappa shape index (κ3) is 6.24. The van der Waals surface area contributed by atoms with Gasteiger partial charge in [-0.25, -0.2) is 9.78 Å². The number of hydrogen-bond donors (Lipinski definition) is 1. The van der Waals surface area contributed by atoms with Crippen LogP contribution >= 0.6 is 0 Å². The van der Waals surface area contributed by atoms with E-state index in [9.17, 15) is 18.0 Å². The molecule has 1 N–H and O–H groups in total. The number of aromatic nitrogens is 4. The van der Waals surface area contributed by atoms with E-state index in [0.717, 1.165) is 17.0 Å². The lowest BCUT2D eigenvalue weighted by Crippen LogP contribution is -2.36. The zero-order valence-electron chi connectivity index (χ0n) is 17.2. The van der Waals surface area contributed by atoms with Crippen molar-refractivity contribution in [3.8, 4) is 5.75 Å². The van der Waals surface area contributed by atoms with Crippen molar-refractivity contribution in [2.24, 2.45) is 0 Å². The average molecular weight is 465 g/mol. The summed E-state index contributed by atoms with van der Waals surface area (Å²) in [6, 6.07) is 3.63. The summed E-state index contributed by atoms with van der Waals surface area (Å²) in [6.07, 6.45) is 1.95. The molecule has 174 valence electrons. The Labute approximate surface area is 185 Å². The lowest BCUT2D eigenvalue weighted by atomic mass is 10.1. The summed E-state index contributed by atoms with van der Waals surface area (Å²) in [7, 11) is 0. The van der Waals surface area contributed by atoms with E-state index in [-0.39, 0.29) is 12.5 Å². The maximum absolute atomic E-state index is 12.7. The molecule has 0 unspecified atom stereocenters. The normalized spacial score (nSPS) is 12.9. The van der Waals surface area contributed by atoms with Crippen LogP contribution < -0.4 is 4.74 Å². The number of fused-ring (bicyclic) bond motifs is 1. The summed E-state index contributed by atoms with van der Waals surface area (Å²) in [5.74, 6) is -1.45. The molecule has 13 heteroatoms. The summed E-state index contributed by atoms with van der Waals surface area (Å²) in [5.41, 5.74) is 2.70. The molecule has 0 atom stereocenters. The highest BCUT2D eigenvalue weighted by Gasteiger charge is 2.38. The van der Waals surface area contributed by atoms with Gasteiger partial charge in [0.25, 0.3) is 5.91 Å². The first-order valence-electron chi connectivity index (χ1n) is 9.52. The molecular weight excluding hydrogens is 447 g/mol. The van der Waals surface area contributed by atoms with Crippen LogP contribution in [-0.4, -0.2) is 54.7 Å². The number of nitrogens with zero attached hydrogens (tertiary/aromatic N) is 5. The zero-order valence-corrected chi connectivity index (χ0v) is 17.2. The Balaban J connectivity index is 0.000000383. The van der Waals surface area contributed by atoms with Crippen molar-refractivity contribution in [1.29, 1.82) is 0 Å². The van der Waals surface area contributed by atoms with Gasteiger partial charge in [-0.3, -0.25) is 14.8 Å². The number of aryl methyl sites for hydroxylation is 1. The lowest BCUT2D eigenvalue weighted by molar-refractivity contribution is -0.192. The molecule has 3 aromatic heterocycles. The molecule has 33 heavy (non-hydrogen) atoms. The van der Waals surface area contributed by atoms with Crippen LogP contribution in [0.5, 0.6) is 5.75 Å². The smallest absolute Gasteiger partial charge is 0.486 e. The molecule has 0 aromatic carbocycles. The number of pyridine rings is 1. The first-order valence-corrected chi connectivity index (χ1v) is 9.52. The number of carboxylic acid groups (broad SMARTS) is 1. The third-order valence-corrected chi connectivity index (χ3v) is 4.45. The van der Waals surface area contributed by atoms with E-state index in [0.29, 0.717) is 36.6 Å². The summed E-state index contributed by atoms with van der Waals surface area (Å²) in [4.78, 5) is 35.6. The van der Waals surface area contributed by atoms with Gasteiger partial charge in [0.2, 0.25) is 0 Å². The van der Waals surface area contributed by atoms with Gasteiger partial charge in [-0.1, -0.05) is 5.16 Å². The SMILES string of the molecule is Cc1cnc(C(=O)N2CCc3onc(COc4cccnc4)c3C2)cn1.O=C(O)C(F)(F)F. The zero-order chi connectivity index (χ0) is 24.0. The molecular formula is C20H18F3N5O5. The van der Waals surface area contributed by atoms with Crippen molar-refractivity contribution in [1.82, 2.24) is 25.0 Å². The van der Waals surface area contributed by atoms with Crippen LogP contribution in [0.4, 0.5) is 13.2 Å². The quantitative estimate of drug-likeness (QED) is 0.617. The fourth-order valence-electron chi connectivity index (χ4n) is 2.80. The van der Waals surface area contributed by atoms with E-state index in [1.165, 1.54) is 6.20 Å². The first-order chi connectivity index (χ1) is 15.6. The predicted molar refractivity (Wildman–Crippen MR) is 104 cm³/mol. The van der Waals surface area contributed by atoms with Crippen LogP contribution in [0.2, 0.25) is 0 Å². The fraction of sp³-hybridized carbons (Fsp3) is 0.300. The van der Waals surface area contributed by atoms with Gasteiger partial charge in [-0.05, 0) is 19.1 Å². The monoisotopic (exact) mass is 465 g/mol. The van der Waals surface area contributed by atoms with E-state index >= 15 is 0 Å². The van der Waals surface area contributed by atoms with Gasteiger partial charge < -0.3 is 19.3 Å². The summed E-state index contributed by atoms with van der Waals surface area (Å²) in [6.45, 7) is 3.06. The molecule has 0 aliphatic carbocycles. The number of rotatable bonds is 4. The Kier molecular flexibility index (Phi) is 7.20. The summed E-state index contributed by atoms with van der Waals surface area (Å²) < 4.78 is 42.8. The predicted octanol–water partition coefficient (Wildman–Crippen LogP) is 2.58. The Hall–Kier alpha value is -4.03. The van der Waals surface area contributed by atoms with E-state index in [4.69, 9.17) is 19.2 Å². The second-order valence-corrected chi connectivity index (χ2v) is 6.83. The van der Waals surface area contributed by atoms with Crippen molar-refractivity contribution in [2.75, 3.05) is 6.54 Å². The van der Waals surface area contributed by atoms with Gasteiger partial charge in [0, 0.05) is 30.9 Å². The van der Waals surface area contributed by atoms with E-state index < -0.39 is 12.1 Å². The molecule has 3 aromatic rings. The molecule has 0 radical (unpaired) electrons. The minimum Gasteiger partial charge on any atom is -0.486 e. The first kappa shape index (κ1) is 23.6. The molecule has 0 saturated carbocycles. The molecule has 0 fully saturated rings. The van der Waals surface area contributed by atoms with Crippen LogP contribution in [0.15, 0.2) is 41.4 Å². The minimum atomic E-state index is -5.08. The Morgan fingerprint density at radius 1 is 1.24 bits per heavy atom. The molecule has 1 aliphatic rings. The molecule has 1 amide bonds. The number of carbonyl (C=O) groups excluding carboxylic acids is 1. The molecule has 4 heterocycles. The molecule has 1 aliphatic heterocycles. The van der Waals surface area contributed by atoms with Gasteiger partial charge >= 0.3 is 12.1 Å². The fourth-order valence-corrected chi connectivity index (χ4v) is 2.80. The van der Waals surface area contributed by atoms with Crippen LogP contribution in [0.3, 0.4) is 0 Å². The number of hydrogen-bond acceptors (Lipinski definition) is 8. The molecule has 0 saturated heterocycles. The Morgan fingerprint density at radius 2 is 2.00 bits per heavy atom. The number of halogens is 3. The number of amides is 1. The van der Waals surface area contributed by atoms with Gasteiger partial charge in [0.1, 0.15) is 29.5 Å². The van der Waals surface area contributed by atoms with Crippen LogP contribution in [-0.2, 0) is 24.4 Å². The van der Waals surface area contributed by atoms with Crippen molar-refractivity contribution in [3.63, 3.8) is 0 Å². The summed E-state index contributed by atoms with van der Waals surface area (Å²) >= 11 is 0. The second-order valence-electron chi connectivity index (χ2n) is 6.83. The highest BCUT2D eigenvalue weighted by Crippen LogP contribution is 2.24. The van der Waals surface area contributed by atoms with Crippen LogP contribution in [0, 0.1) is 6.92 Å². The number of ether oxygens (including phenoxy) is 1. The Bertz CT molecular complexity index is 1100. The molecule has 0 spiro atoms. The largest absolute Gasteiger partial charge is 0.490 e. The highest BCUT2D eigenvalue weighted by molar-refractivity contribution is 5.92. The van der Waals surface area contributed by atoms with Crippen molar-refractivity contribution < 1.29 is 37.1 Å². The van der Waals surface area contributed by atoms with Gasteiger partial charge in [-0.2, -0.15) is 13.2 Å². The van der Waals surface area contributed by atoms with Gasteiger partial charge in [0.05, 0.1) is 24.6 Å². The van der Waals surface area contributed by atoms with Crippen molar-refractivity contribution in [3.05, 3.63) is 65.3 Å². The average Bonchev–Trinajstić information content (AvgIpc) is 3.20. The number of carbonyl (C=O) groups is 2. The van der Waals surface area contributed by atoms with Crippen molar-refractivity contribution in [2.45, 2.75) is 32.7 Å². The van der Waals surface area contributed by atoms with Gasteiger partial charge in [0.15, 0.2) is 0 Å². The lowest BCUT2D eigenvalue weighted by Gasteiger charge is -2.25. The summed E-state index contributed by atoms with van der Waals surface area (Å²) in [5, 5.41) is 11.2. The van der Waals surface area contributed by atoms with E-state index in [1.807, 2.05) is 13.0 Å². The Morgan fingerprint density at radius 3 is 2.61 bits per heavy atom. The number of alkyl halides is 3. The minimum absolute atomic E-state index is 0.150. The van der Waals surface area contributed by atoms with Crippen LogP contribution in [0.25, 0.3) is 0 Å². The van der Waals surface area contributed by atoms with Crippen LogP contribution in [0.1, 0.15) is 33.2 Å². The highest BCUT2D eigenvalue weighted by atomic mass is 19.4.